The number of benzene rings is 2. The number of nitrogens with two attached hydrogens (primary N) is 1. The second kappa shape index (κ2) is 6.68. The van der Waals surface area contributed by atoms with Crippen molar-refractivity contribution >= 4 is 23.0 Å². The monoisotopic (exact) mass is 339 g/mol. The van der Waals surface area contributed by atoms with Crippen LogP contribution in [0, 0.1) is 0 Å². The zero-order valence-corrected chi connectivity index (χ0v) is 13.8. The number of primary amides is 1. The van der Waals surface area contributed by atoms with Crippen LogP contribution in [0.5, 0.6) is 5.75 Å². The quantitative estimate of drug-likeness (QED) is 0.570. The summed E-state index contributed by atoms with van der Waals surface area (Å²) in [6.07, 6.45) is -1.20. The topological polar surface area (TPSA) is 91.8 Å². The van der Waals surface area contributed by atoms with Crippen molar-refractivity contribution in [3.63, 3.8) is 0 Å². The summed E-state index contributed by atoms with van der Waals surface area (Å²) in [5.41, 5.74) is 6.28. The van der Waals surface area contributed by atoms with Gasteiger partial charge in [0.25, 0.3) is 0 Å². The fraction of sp³-hybridized carbons (Fsp3) is 0.158. The average Bonchev–Trinajstić information content (AvgIpc) is 2.93. The molecule has 0 spiro atoms. The number of carbonyl (C=O) groups is 2. The molecule has 128 valence electrons. The van der Waals surface area contributed by atoms with E-state index in [9.17, 15) is 9.59 Å². The molecule has 6 nitrogen and oxygen atoms in total. The number of hydrogen-bond acceptors (Lipinski definition) is 5. The fourth-order valence-corrected chi connectivity index (χ4v) is 2.56. The molecule has 2 N–H and O–H groups in total. The Morgan fingerprint density at radius 2 is 1.80 bits per heavy atom. The van der Waals surface area contributed by atoms with Crippen LogP contribution in [0.2, 0.25) is 0 Å². The van der Waals surface area contributed by atoms with Crippen LogP contribution in [-0.4, -0.2) is 18.2 Å². The first-order valence-corrected chi connectivity index (χ1v) is 7.76. The zero-order valence-electron chi connectivity index (χ0n) is 13.8. The van der Waals surface area contributed by atoms with E-state index in [1.165, 1.54) is 0 Å². The van der Waals surface area contributed by atoms with Gasteiger partial charge in [-0.15, -0.1) is 0 Å². The number of ether oxygens (including phenoxy) is 2. The SMILES string of the molecule is CC(C)Oc1ccc2oc(-c3ccccc3)c(C(=O)OC(N)=O)c2c1. The highest BCUT2D eigenvalue weighted by atomic mass is 16.6. The molecule has 3 rings (SSSR count). The van der Waals surface area contributed by atoms with Gasteiger partial charge in [0.1, 0.15) is 22.7 Å². The number of carbonyl (C=O) groups excluding carboxylic acids is 2. The van der Waals surface area contributed by atoms with Crippen molar-refractivity contribution in [1.82, 2.24) is 0 Å². The summed E-state index contributed by atoms with van der Waals surface area (Å²) < 4.78 is 16.1. The Morgan fingerprint density at radius 1 is 1.08 bits per heavy atom. The molecular formula is C19H17NO5. The van der Waals surface area contributed by atoms with E-state index >= 15 is 0 Å². The van der Waals surface area contributed by atoms with Crippen molar-refractivity contribution in [3.8, 4) is 17.1 Å². The van der Waals surface area contributed by atoms with E-state index in [2.05, 4.69) is 4.74 Å². The minimum atomic E-state index is -1.17. The Kier molecular flexibility index (Phi) is 4.43. The summed E-state index contributed by atoms with van der Waals surface area (Å²) in [6, 6.07) is 14.2. The van der Waals surface area contributed by atoms with Crippen LogP contribution in [-0.2, 0) is 4.74 Å². The van der Waals surface area contributed by atoms with Gasteiger partial charge in [-0.3, -0.25) is 0 Å². The molecule has 0 saturated heterocycles. The van der Waals surface area contributed by atoms with Gasteiger partial charge in [-0.2, -0.15) is 0 Å². The lowest BCUT2D eigenvalue weighted by atomic mass is 10.1. The first kappa shape index (κ1) is 16.6. The van der Waals surface area contributed by atoms with Gasteiger partial charge < -0.3 is 19.6 Å². The van der Waals surface area contributed by atoms with Gasteiger partial charge in [0, 0.05) is 10.9 Å². The van der Waals surface area contributed by atoms with Gasteiger partial charge in [-0.05, 0) is 32.0 Å². The van der Waals surface area contributed by atoms with Crippen molar-refractivity contribution in [2.24, 2.45) is 5.73 Å². The highest BCUT2D eigenvalue weighted by molar-refractivity contribution is 6.11. The minimum absolute atomic E-state index is 0.0287. The summed E-state index contributed by atoms with van der Waals surface area (Å²) in [5, 5.41) is 0.489. The van der Waals surface area contributed by atoms with Crippen LogP contribution in [0.15, 0.2) is 52.9 Å². The lowest BCUT2D eigenvalue weighted by Gasteiger charge is -2.09. The number of hydrogen-bond donors (Lipinski definition) is 1. The van der Waals surface area contributed by atoms with Gasteiger partial charge in [0.05, 0.1) is 6.10 Å². The van der Waals surface area contributed by atoms with Crippen LogP contribution in [0.1, 0.15) is 24.2 Å². The highest BCUT2D eigenvalue weighted by Crippen LogP contribution is 2.36. The Bertz CT molecular complexity index is 928. The Balaban J connectivity index is 2.20. The third-order valence-electron chi connectivity index (χ3n) is 3.46. The van der Waals surface area contributed by atoms with Crippen LogP contribution in [0.4, 0.5) is 4.79 Å². The molecule has 1 aromatic heterocycles. The number of rotatable bonds is 4. The van der Waals surface area contributed by atoms with Gasteiger partial charge >= 0.3 is 12.1 Å². The zero-order chi connectivity index (χ0) is 18.0. The van der Waals surface area contributed by atoms with E-state index in [0.29, 0.717) is 28.0 Å². The van der Waals surface area contributed by atoms with Gasteiger partial charge in [0.15, 0.2) is 0 Å². The number of amides is 1. The summed E-state index contributed by atoms with van der Waals surface area (Å²) in [7, 11) is 0. The molecule has 0 unspecified atom stereocenters. The first-order chi connectivity index (χ1) is 12.0. The Hall–Kier alpha value is -3.28. The molecule has 0 atom stereocenters. The summed E-state index contributed by atoms with van der Waals surface area (Å²) in [6.45, 7) is 3.80. The van der Waals surface area contributed by atoms with Crippen LogP contribution in [0.25, 0.3) is 22.3 Å². The highest BCUT2D eigenvalue weighted by Gasteiger charge is 2.25. The number of esters is 1. The van der Waals surface area contributed by atoms with E-state index in [4.69, 9.17) is 14.9 Å². The molecule has 0 aliphatic carbocycles. The molecule has 3 aromatic rings. The molecule has 0 radical (unpaired) electrons. The van der Waals surface area contributed by atoms with Crippen LogP contribution < -0.4 is 10.5 Å². The maximum Gasteiger partial charge on any atom is 0.412 e. The predicted molar refractivity (Wildman–Crippen MR) is 92.4 cm³/mol. The third kappa shape index (κ3) is 3.47. The fourth-order valence-electron chi connectivity index (χ4n) is 2.56. The van der Waals surface area contributed by atoms with E-state index in [1.807, 2.05) is 32.0 Å². The second-order valence-corrected chi connectivity index (χ2v) is 5.71. The average molecular weight is 339 g/mol. The lowest BCUT2D eigenvalue weighted by molar-refractivity contribution is 0.0640. The maximum absolute atomic E-state index is 12.4. The van der Waals surface area contributed by atoms with Gasteiger partial charge in [0.2, 0.25) is 0 Å². The Labute approximate surface area is 144 Å². The summed E-state index contributed by atoms with van der Waals surface area (Å²) in [4.78, 5) is 23.5. The molecule has 0 saturated carbocycles. The maximum atomic E-state index is 12.4. The molecule has 6 heteroatoms. The second-order valence-electron chi connectivity index (χ2n) is 5.71. The lowest BCUT2D eigenvalue weighted by Crippen LogP contribution is -2.18. The number of furan rings is 1. The summed E-state index contributed by atoms with van der Waals surface area (Å²) in [5.74, 6) is 0.0198. The summed E-state index contributed by atoms with van der Waals surface area (Å²) >= 11 is 0. The van der Waals surface area contributed by atoms with E-state index in [-0.39, 0.29) is 11.7 Å². The van der Waals surface area contributed by atoms with E-state index in [0.717, 1.165) is 0 Å². The molecule has 0 aliphatic rings. The smallest absolute Gasteiger partial charge is 0.412 e. The predicted octanol–water partition coefficient (Wildman–Crippen LogP) is 4.12. The van der Waals surface area contributed by atoms with Crippen molar-refractivity contribution < 1.29 is 23.5 Å². The van der Waals surface area contributed by atoms with E-state index < -0.39 is 12.1 Å². The standard InChI is InChI=1S/C19H17NO5/c1-11(2)23-13-8-9-15-14(10-13)16(18(21)25-19(20)22)17(24-15)12-6-4-3-5-7-12/h3-11H,1-2H3,(H2,20,22). The third-order valence-corrected chi connectivity index (χ3v) is 3.46. The van der Waals surface area contributed by atoms with Crippen molar-refractivity contribution in [3.05, 3.63) is 54.1 Å². The number of fused-ring (bicyclic) bond motifs is 1. The minimum Gasteiger partial charge on any atom is -0.491 e. The Morgan fingerprint density at radius 3 is 2.44 bits per heavy atom. The molecule has 1 heterocycles. The van der Waals surface area contributed by atoms with Crippen molar-refractivity contribution in [1.29, 1.82) is 0 Å². The normalized spacial score (nSPS) is 10.8. The molecule has 25 heavy (non-hydrogen) atoms. The van der Waals surface area contributed by atoms with E-state index in [1.54, 1.807) is 30.3 Å². The molecule has 1 amide bonds. The molecule has 2 aromatic carbocycles. The van der Waals surface area contributed by atoms with Crippen LogP contribution >= 0.6 is 0 Å². The van der Waals surface area contributed by atoms with Crippen molar-refractivity contribution in [2.75, 3.05) is 0 Å². The first-order valence-electron chi connectivity index (χ1n) is 7.76. The largest absolute Gasteiger partial charge is 0.491 e. The molecule has 0 fully saturated rings. The molecule has 0 bridgehead atoms. The molecule has 0 aliphatic heterocycles. The van der Waals surface area contributed by atoms with Crippen molar-refractivity contribution in [2.45, 2.75) is 20.0 Å². The van der Waals surface area contributed by atoms with Crippen LogP contribution in [0.3, 0.4) is 0 Å². The molecular weight excluding hydrogens is 322 g/mol. The van der Waals surface area contributed by atoms with Gasteiger partial charge in [-0.25, -0.2) is 9.59 Å². The van der Waals surface area contributed by atoms with Gasteiger partial charge in [-0.1, -0.05) is 30.3 Å².